The number of fused-ring (bicyclic) bond motifs is 1. The SMILES string of the molecule is CCOC(=O)C1=C(C)N=c2s/c(=C/c3ccc(N4CCCCC4)cc3)c(=O)n2[C@H]1c1cc(OCC)c(OC)cc1Br. The lowest BCUT2D eigenvalue weighted by atomic mass is 9.95. The van der Waals surface area contributed by atoms with Gasteiger partial charge in [0.15, 0.2) is 16.3 Å². The maximum atomic E-state index is 14.0. The van der Waals surface area contributed by atoms with Crippen LogP contribution in [0.2, 0.25) is 0 Å². The molecule has 41 heavy (non-hydrogen) atoms. The molecule has 0 spiro atoms. The zero-order valence-corrected chi connectivity index (χ0v) is 26.1. The van der Waals surface area contributed by atoms with Gasteiger partial charge in [-0.3, -0.25) is 9.36 Å². The van der Waals surface area contributed by atoms with Crippen molar-refractivity contribution < 1.29 is 19.0 Å². The first kappa shape index (κ1) is 29.1. The van der Waals surface area contributed by atoms with Crippen LogP contribution in [0, 0.1) is 0 Å². The largest absolute Gasteiger partial charge is 0.493 e. The number of nitrogens with zero attached hydrogens (tertiary/aromatic N) is 3. The van der Waals surface area contributed by atoms with Crippen molar-refractivity contribution in [3.05, 3.63) is 83.0 Å². The summed E-state index contributed by atoms with van der Waals surface area (Å²) in [6.45, 7) is 8.20. The highest BCUT2D eigenvalue weighted by Gasteiger charge is 2.35. The molecule has 0 saturated carbocycles. The molecule has 3 heterocycles. The first-order valence-corrected chi connectivity index (χ1v) is 15.5. The Morgan fingerprint density at radius 3 is 2.49 bits per heavy atom. The van der Waals surface area contributed by atoms with E-state index in [0.29, 0.717) is 48.7 Å². The van der Waals surface area contributed by atoms with Crippen molar-refractivity contribution in [1.82, 2.24) is 4.57 Å². The predicted octanol–water partition coefficient (Wildman–Crippen LogP) is 4.96. The Bertz CT molecular complexity index is 1650. The molecule has 1 fully saturated rings. The maximum Gasteiger partial charge on any atom is 0.338 e. The van der Waals surface area contributed by atoms with Gasteiger partial charge in [0.1, 0.15) is 0 Å². The van der Waals surface area contributed by atoms with E-state index in [9.17, 15) is 9.59 Å². The van der Waals surface area contributed by atoms with E-state index < -0.39 is 12.0 Å². The molecular weight excluding hydrogens is 606 g/mol. The summed E-state index contributed by atoms with van der Waals surface area (Å²) in [5.41, 5.74) is 3.39. The number of rotatable bonds is 8. The van der Waals surface area contributed by atoms with Crippen molar-refractivity contribution >= 4 is 45.0 Å². The predicted molar refractivity (Wildman–Crippen MR) is 165 cm³/mol. The minimum atomic E-state index is -0.770. The highest BCUT2D eigenvalue weighted by Crippen LogP contribution is 2.41. The Labute approximate surface area is 251 Å². The number of methoxy groups -OCH3 is 1. The van der Waals surface area contributed by atoms with Gasteiger partial charge >= 0.3 is 5.97 Å². The van der Waals surface area contributed by atoms with Gasteiger partial charge < -0.3 is 19.1 Å². The topological polar surface area (TPSA) is 82.4 Å². The van der Waals surface area contributed by atoms with Gasteiger partial charge in [-0.2, -0.15) is 0 Å². The number of hydrogen-bond donors (Lipinski definition) is 0. The second-order valence-corrected chi connectivity index (χ2v) is 11.8. The molecule has 2 aliphatic rings. The molecule has 2 aromatic carbocycles. The highest BCUT2D eigenvalue weighted by molar-refractivity contribution is 9.10. The lowest BCUT2D eigenvalue weighted by Gasteiger charge is -2.28. The van der Waals surface area contributed by atoms with E-state index in [1.807, 2.05) is 31.2 Å². The number of thiazole rings is 1. The molecule has 2 aliphatic heterocycles. The fourth-order valence-electron chi connectivity index (χ4n) is 5.36. The monoisotopic (exact) mass is 639 g/mol. The Kier molecular flexibility index (Phi) is 8.99. The van der Waals surface area contributed by atoms with Gasteiger partial charge in [0.25, 0.3) is 5.56 Å². The van der Waals surface area contributed by atoms with Gasteiger partial charge in [0.05, 0.1) is 42.2 Å². The van der Waals surface area contributed by atoms with Crippen molar-refractivity contribution in [2.24, 2.45) is 4.99 Å². The molecule has 1 aromatic heterocycles. The number of piperidine rings is 1. The molecule has 0 unspecified atom stereocenters. The maximum absolute atomic E-state index is 14.0. The molecule has 8 nitrogen and oxygen atoms in total. The van der Waals surface area contributed by atoms with Gasteiger partial charge in [0.2, 0.25) is 0 Å². The molecule has 10 heteroatoms. The number of hydrogen-bond acceptors (Lipinski definition) is 8. The summed E-state index contributed by atoms with van der Waals surface area (Å²) in [4.78, 5) is 34.9. The second kappa shape index (κ2) is 12.7. The Morgan fingerprint density at radius 2 is 1.83 bits per heavy atom. The number of allylic oxidation sites excluding steroid dienone is 1. The number of carbonyl (C=O) groups excluding carboxylic acids is 1. The summed E-state index contributed by atoms with van der Waals surface area (Å²) >= 11 is 4.96. The summed E-state index contributed by atoms with van der Waals surface area (Å²) in [5, 5.41) is 0. The van der Waals surface area contributed by atoms with Crippen LogP contribution in [0.5, 0.6) is 11.5 Å². The van der Waals surface area contributed by atoms with E-state index in [1.165, 1.54) is 36.3 Å². The lowest BCUT2D eigenvalue weighted by Crippen LogP contribution is -2.40. The van der Waals surface area contributed by atoms with Crippen LogP contribution in [-0.2, 0) is 9.53 Å². The summed E-state index contributed by atoms with van der Waals surface area (Å²) in [5.74, 6) is 0.547. The quantitative estimate of drug-likeness (QED) is 0.324. The first-order chi connectivity index (χ1) is 19.9. The zero-order valence-electron chi connectivity index (χ0n) is 23.7. The molecule has 0 aliphatic carbocycles. The molecular formula is C31H34BrN3O5S. The van der Waals surface area contributed by atoms with Gasteiger partial charge in [-0.1, -0.05) is 39.4 Å². The van der Waals surface area contributed by atoms with Crippen LogP contribution in [0.4, 0.5) is 5.69 Å². The lowest BCUT2D eigenvalue weighted by molar-refractivity contribution is -0.139. The van der Waals surface area contributed by atoms with Crippen molar-refractivity contribution in [3.63, 3.8) is 0 Å². The number of anilines is 1. The summed E-state index contributed by atoms with van der Waals surface area (Å²) in [6.07, 6.45) is 5.61. The molecule has 1 atom stereocenters. The van der Waals surface area contributed by atoms with Crippen molar-refractivity contribution in [2.45, 2.75) is 46.1 Å². The van der Waals surface area contributed by atoms with Crippen LogP contribution in [0.25, 0.3) is 6.08 Å². The first-order valence-electron chi connectivity index (χ1n) is 13.9. The molecule has 1 saturated heterocycles. The number of halogens is 1. The summed E-state index contributed by atoms with van der Waals surface area (Å²) in [7, 11) is 1.57. The molecule has 216 valence electrons. The molecule has 0 amide bonds. The number of aromatic nitrogens is 1. The summed E-state index contributed by atoms with van der Waals surface area (Å²) in [6, 6.07) is 11.2. The average molecular weight is 641 g/mol. The molecule has 0 N–H and O–H groups in total. The Hall–Kier alpha value is -3.37. The van der Waals surface area contributed by atoms with Gasteiger partial charge in [-0.05, 0) is 81.5 Å². The van der Waals surface area contributed by atoms with E-state index in [-0.39, 0.29) is 12.2 Å². The normalized spacial score (nSPS) is 17.2. The Balaban J connectivity index is 1.64. The minimum Gasteiger partial charge on any atom is -0.493 e. The van der Waals surface area contributed by atoms with Gasteiger partial charge in [-0.15, -0.1) is 0 Å². The number of benzene rings is 2. The molecule has 5 rings (SSSR count). The zero-order chi connectivity index (χ0) is 29.1. The van der Waals surface area contributed by atoms with Gasteiger partial charge in [-0.25, -0.2) is 9.79 Å². The number of esters is 1. The van der Waals surface area contributed by atoms with Crippen LogP contribution in [-0.4, -0.2) is 43.9 Å². The van der Waals surface area contributed by atoms with Crippen LogP contribution < -0.4 is 29.3 Å². The third kappa shape index (κ3) is 5.85. The summed E-state index contributed by atoms with van der Waals surface area (Å²) < 4.78 is 19.6. The molecule has 3 aromatic rings. The highest BCUT2D eigenvalue weighted by atomic mass is 79.9. The standard InChI is InChI=1S/C31H34BrN3O5S/c1-5-39-25-17-22(23(32)18-24(25)38-4)28-27(30(37)40-6-2)19(3)33-31-35(28)29(36)26(41-31)16-20-10-12-21(13-11-20)34-14-8-7-9-15-34/h10-13,16-18,28H,5-9,14-15H2,1-4H3/b26-16+/t28-/m0/s1. The van der Waals surface area contributed by atoms with E-state index in [1.54, 1.807) is 31.6 Å². The van der Waals surface area contributed by atoms with Crippen molar-refractivity contribution in [1.29, 1.82) is 0 Å². The van der Waals surface area contributed by atoms with Crippen LogP contribution in [0.1, 0.15) is 57.2 Å². The van der Waals surface area contributed by atoms with Crippen LogP contribution in [0.3, 0.4) is 0 Å². The third-order valence-electron chi connectivity index (χ3n) is 7.31. The van der Waals surface area contributed by atoms with E-state index >= 15 is 0 Å². The molecule has 0 bridgehead atoms. The van der Waals surface area contributed by atoms with Crippen LogP contribution in [0.15, 0.2) is 61.9 Å². The Morgan fingerprint density at radius 1 is 1.10 bits per heavy atom. The van der Waals surface area contributed by atoms with Crippen molar-refractivity contribution in [2.75, 3.05) is 38.3 Å². The van der Waals surface area contributed by atoms with Crippen molar-refractivity contribution in [3.8, 4) is 11.5 Å². The number of carbonyl (C=O) groups is 1. The fraction of sp³-hybridized carbons (Fsp3) is 0.387. The van der Waals surface area contributed by atoms with E-state index in [2.05, 4.69) is 38.0 Å². The second-order valence-electron chi connectivity index (χ2n) is 9.90. The molecule has 0 radical (unpaired) electrons. The number of ether oxygens (including phenoxy) is 3. The van der Waals surface area contributed by atoms with E-state index in [4.69, 9.17) is 14.2 Å². The smallest absolute Gasteiger partial charge is 0.338 e. The van der Waals surface area contributed by atoms with Crippen LogP contribution >= 0.6 is 27.3 Å². The fourth-order valence-corrected chi connectivity index (χ4v) is 6.94. The average Bonchev–Trinajstić information content (AvgIpc) is 3.28. The third-order valence-corrected chi connectivity index (χ3v) is 8.98. The minimum absolute atomic E-state index is 0.203. The van der Waals surface area contributed by atoms with E-state index in [0.717, 1.165) is 18.7 Å². The van der Waals surface area contributed by atoms with Gasteiger partial charge in [0, 0.05) is 23.2 Å².